The van der Waals surface area contributed by atoms with Gasteiger partial charge in [0.15, 0.2) is 0 Å². The van der Waals surface area contributed by atoms with Gasteiger partial charge >= 0.3 is 28.2 Å². The van der Waals surface area contributed by atoms with Crippen molar-refractivity contribution in [3.05, 3.63) is 66.0 Å². The molecule has 0 aliphatic rings. The van der Waals surface area contributed by atoms with Crippen LogP contribution in [0.2, 0.25) is 0 Å². The Balaban J connectivity index is 0.000000861. The van der Waals surface area contributed by atoms with E-state index < -0.39 is 0 Å². The molecule has 2 aromatic rings. The maximum atomic E-state index is 11.6. The monoisotopic (exact) mass is 455 g/mol. The van der Waals surface area contributed by atoms with Crippen LogP contribution in [-0.4, -0.2) is 17.1 Å². The number of amides is 1. The number of hydrogen-bond donors (Lipinski definition) is 1. The predicted molar refractivity (Wildman–Crippen MR) is 71.6 cm³/mol. The van der Waals surface area contributed by atoms with Crippen LogP contribution in [0.15, 0.2) is 59.8 Å². The molecule has 0 fully saturated rings. The van der Waals surface area contributed by atoms with Crippen LogP contribution in [0.4, 0.5) is 0 Å². The van der Waals surface area contributed by atoms with Crippen molar-refractivity contribution in [3.8, 4) is 0 Å². The third-order valence-corrected chi connectivity index (χ3v) is 2.09. The van der Waals surface area contributed by atoms with Crippen molar-refractivity contribution in [1.82, 2.24) is 10.4 Å². The Morgan fingerprint density at radius 1 is 1.16 bits per heavy atom. The summed E-state index contributed by atoms with van der Waals surface area (Å²) in [6, 6.07) is 14.4. The third-order valence-electron chi connectivity index (χ3n) is 2.09. The molecule has 1 aromatic carbocycles. The number of halogens is 1. The normalized spacial score (nSPS) is 9.63. The SMILES string of the molecule is O=C(NN=Cc1ccccn1)c1ccccc1.[Cl][Pt+]. The van der Waals surface area contributed by atoms with Crippen LogP contribution in [0.25, 0.3) is 0 Å². The van der Waals surface area contributed by atoms with Gasteiger partial charge in [-0.15, -0.1) is 0 Å². The van der Waals surface area contributed by atoms with Gasteiger partial charge in [0.1, 0.15) is 0 Å². The van der Waals surface area contributed by atoms with Gasteiger partial charge in [0, 0.05) is 11.8 Å². The molecule has 0 atom stereocenters. The summed E-state index contributed by atoms with van der Waals surface area (Å²) in [6.45, 7) is 0. The molecule has 0 saturated carbocycles. The summed E-state index contributed by atoms with van der Waals surface area (Å²) >= 11 is 1.61. The Morgan fingerprint density at radius 2 is 1.84 bits per heavy atom. The van der Waals surface area contributed by atoms with Gasteiger partial charge in [-0.1, -0.05) is 24.3 Å². The summed E-state index contributed by atoms with van der Waals surface area (Å²) in [4.78, 5) is 15.6. The van der Waals surface area contributed by atoms with E-state index in [9.17, 15) is 4.79 Å². The van der Waals surface area contributed by atoms with Gasteiger partial charge in [0.25, 0.3) is 5.91 Å². The van der Waals surface area contributed by atoms with Gasteiger partial charge in [-0.3, -0.25) is 9.78 Å². The van der Waals surface area contributed by atoms with Crippen LogP contribution in [0.5, 0.6) is 0 Å². The van der Waals surface area contributed by atoms with Crippen molar-refractivity contribution in [1.29, 1.82) is 0 Å². The van der Waals surface area contributed by atoms with E-state index in [4.69, 9.17) is 0 Å². The number of pyridine rings is 1. The summed E-state index contributed by atoms with van der Waals surface area (Å²) in [5.74, 6) is -0.238. The molecule has 2 rings (SSSR count). The topological polar surface area (TPSA) is 54.4 Å². The first-order valence-corrected chi connectivity index (χ1v) is 8.09. The number of carbonyl (C=O) groups is 1. The van der Waals surface area contributed by atoms with Gasteiger partial charge in [-0.25, -0.2) is 5.43 Å². The zero-order chi connectivity index (χ0) is 13.9. The quantitative estimate of drug-likeness (QED) is 0.571. The Kier molecular flexibility index (Phi) is 7.71. The van der Waals surface area contributed by atoms with Crippen molar-refractivity contribution in [2.24, 2.45) is 5.10 Å². The van der Waals surface area contributed by atoms with E-state index in [1.165, 1.54) is 6.21 Å². The van der Waals surface area contributed by atoms with Crippen LogP contribution < -0.4 is 5.43 Å². The van der Waals surface area contributed by atoms with Crippen LogP contribution in [0.1, 0.15) is 16.1 Å². The fourth-order valence-corrected chi connectivity index (χ4v) is 1.26. The summed E-state index contributed by atoms with van der Waals surface area (Å²) in [5, 5.41) is 3.83. The van der Waals surface area contributed by atoms with Gasteiger partial charge in [0.05, 0.1) is 11.9 Å². The summed E-state index contributed by atoms with van der Waals surface area (Å²) in [5.41, 5.74) is 3.71. The number of nitrogens with zero attached hydrogens (tertiary/aromatic N) is 2. The molecular weight excluding hydrogens is 445 g/mol. The molecule has 0 aliphatic heterocycles. The molecule has 100 valence electrons. The molecule has 1 heterocycles. The third kappa shape index (κ3) is 5.77. The number of hydrogen-bond acceptors (Lipinski definition) is 3. The van der Waals surface area contributed by atoms with Gasteiger partial charge < -0.3 is 0 Å². The Hall–Kier alpha value is -1.51. The number of nitrogens with one attached hydrogen (secondary N) is 1. The van der Waals surface area contributed by atoms with Crippen molar-refractivity contribution in [2.75, 3.05) is 0 Å². The minimum absolute atomic E-state index is 0.238. The zero-order valence-corrected chi connectivity index (χ0v) is 12.8. The molecule has 6 heteroatoms. The van der Waals surface area contributed by atoms with Crippen molar-refractivity contribution in [2.45, 2.75) is 0 Å². The first kappa shape index (κ1) is 15.5. The molecule has 1 N–H and O–H groups in total. The standard InChI is InChI=1S/C13H11N3O.ClH.Pt/c17-13(11-6-2-1-3-7-11)16-15-10-12-8-4-5-9-14-12;;/h1-10H,(H,16,17);1H;/q;;+2/p-1. The minimum atomic E-state index is -0.238. The number of benzene rings is 1. The summed E-state index contributed by atoms with van der Waals surface area (Å²) in [7, 11) is 4.61. The first-order chi connectivity index (χ1) is 9.36. The van der Waals surface area contributed by atoms with Gasteiger partial charge in [0.2, 0.25) is 0 Å². The molecule has 1 amide bonds. The van der Waals surface area contributed by atoms with E-state index in [-0.39, 0.29) is 5.91 Å². The molecule has 0 unspecified atom stereocenters. The zero-order valence-electron chi connectivity index (χ0n) is 9.77. The molecule has 1 aromatic heterocycles. The molecule has 0 spiro atoms. The van der Waals surface area contributed by atoms with Gasteiger partial charge in [-0.2, -0.15) is 5.10 Å². The van der Waals surface area contributed by atoms with Gasteiger partial charge in [-0.05, 0) is 24.3 Å². The maximum absolute atomic E-state index is 11.6. The van der Waals surface area contributed by atoms with E-state index in [1.807, 2.05) is 18.2 Å². The molecule has 0 radical (unpaired) electrons. The summed E-state index contributed by atoms with van der Waals surface area (Å²) in [6.07, 6.45) is 3.17. The fraction of sp³-hybridized carbons (Fsp3) is 0. The van der Waals surface area contributed by atoms with E-state index >= 15 is 0 Å². The average Bonchev–Trinajstić information content (AvgIpc) is 2.51. The van der Waals surface area contributed by atoms with E-state index in [0.717, 1.165) is 0 Å². The number of carbonyl (C=O) groups excluding carboxylic acids is 1. The summed E-state index contributed by atoms with van der Waals surface area (Å²) < 4.78 is 0. The van der Waals surface area contributed by atoms with E-state index in [0.29, 0.717) is 11.3 Å². The second kappa shape index (κ2) is 9.42. The molecule has 19 heavy (non-hydrogen) atoms. The number of aromatic nitrogens is 1. The predicted octanol–water partition coefficient (Wildman–Crippen LogP) is 2.53. The fourth-order valence-electron chi connectivity index (χ4n) is 1.26. The Bertz CT molecular complexity index is 520. The van der Waals surface area contributed by atoms with Crippen molar-refractivity contribution < 1.29 is 23.6 Å². The molecular formula is C13H11ClN3OPt+. The Morgan fingerprint density at radius 3 is 2.47 bits per heavy atom. The molecule has 4 nitrogen and oxygen atoms in total. The molecule has 0 aliphatic carbocycles. The van der Waals surface area contributed by atoms with E-state index in [2.05, 4.69) is 24.9 Å². The second-order valence-electron chi connectivity index (χ2n) is 3.32. The van der Waals surface area contributed by atoms with Crippen molar-refractivity contribution in [3.63, 3.8) is 0 Å². The van der Waals surface area contributed by atoms with Crippen LogP contribution in [0.3, 0.4) is 0 Å². The van der Waals surface area contributed by atoms with Crippen LogP contribution >= 0.6 is 9.42 Å². The number of hydrazone groups is 1. The molecule has 0 bridgehead atoms. The van der Waals surface area contributed by atoms with E-state index in [1.54, 1.807) is 55.3 Å². The Labute approximate surface area is 126 Å². The first-order valence-electron chi connectivity index (χ1n) is 5.28. The van der Waals surface area contributed by atoms with Crippen LogP contribution in [-0.2, 0) is 18.8 Å². The molecule has 0 saturated heterocycles. The second-order valence-corrected chi connectivity index (χ2v) is 3.32. The van der Waals surface area contributed by atoms with Crippen LogP contribution in [0, 0.1) is 0 Å². The van der Waals surface area contributed by atoms with Crippen molar-refractivity contribution >= 4 is 21.5 Å². The number of rotatable bonds is 3. The average molecular weight is 456 g/mol.